The molecule has 3 rings (SSSR count). The van der Waals surface area contributed by atoms with Crippen LogP contribution in [-0.2, 0) is 13.1 Å². The summed E-state index contributed by atoms with van der Waals surface area (Å²) in [6, 6.07) is 8.41. The van der Waals surface area contributed by atoms with Crippen LogP contribution in [0.15, 0.2) is 29.6 Å². The van der Waals surface area contributed by atoms with Gasteiger partial charge in [-0.2, -0.15) is 0 Å². The second kappa shape index (κ2) is 10.3. The van der Waals surface area contributed by atoms with Gasteiger partial charge < -0.3 is 0 Å². The number of thiazole rings is 1. The molecule has 1 amide bonds. The van der Waals surface area contributed by atoms with Crippen LogP contribution in [0.25, 0.3) is 0 Å². The van der Waals surface area contributed by atoms with Crippen LogP contribution in [-0.4, -0.2) is 46.4 Å². The van der Waals surface area contributed by atoms with E-state index < -0.39 is 0 Å². The predicted molar refractivity (Wildman–Crippen MR) is 121 cm³/mol. The molecular formula is C23H34N4OS. The average molecular weight is 415 g/mol. The molecule has 1 N–H and O–H groups in total. The Balaban J connectivity index is 1.54. The first-order valence-electron chi connectivity index (χ1n) is 10.8. The molecule has 1 aromatic carbocycles. The zero-order valence-corrected chi connectivity index (χ0v) is 19.0. The van der Waals surface area contributed by atoms with E-state index in [9.17, 15) is 4.79 Å². The third-order valence-corrected chi connectivity index (χ3v) is 6.44. The molecule has 1 atom stereocenters. The Hall–Kier alpha value is -1.76. The highest BCUT2D eigenvalue weighted by atomic mass is 32.1. The van der Waals surface area contributed by atoms with E-state index in [1.54, 1.807) is 0 Å². The van der Waals surface area contributed by atoms with Crippen LogP contribution < -0.4 is 5.32 Å². The SMILES string of the molecule is CCN(Cc1ccc(C(=O)Nc2nc(CN3CCCC(C)C3)cs2)cc1)C(C)C. The molecule has 29 heavy (non-hydrogen) atoms. The monoisotopic (exact) mass is 414 g/mol. The minimum absolute atomic E-state index is 0.0970. The fraction of sp³-hybridized carbons (Fsp3) is 0.565. The fourth-order valence-corrected chi connectivity index (χ4v) is 4.62. The first-order valence-corrected chi connectivity index (χ1v) is 11.6. The number of aromatic nitrogens is 1. The number of hydrogen-bond donors (Lipinski definition) is 1. The fourth-order valence-electron chi connectivity index (χ4n) is 3.92. The highest BCUT2D eigenvalue weighted by Gasteiger charge is 2.18. The first-order chi connectivity index (χ1) is 13.9. The molecule has 1 unspecified atom stereocenters. The van der Waals surface area contributed by atoms with Gasteiger partial charge >= 0.3 is 0 Å². The minimum Gasteiger partial charge on any atom is -0.298 e. The second-order valence-electron chi connectivity index (χ2n) is 8.43. The lowest BCUT2D eigenvalue weighted by Gasteiger charge is -2.30. The van der Waals surface area contributed by atoms with Crippen LogP contribution in [0, 0.1) is 5.92 Å². The summed E-state index contributed by atoms with van der Waals surface area (Å²) < 4.78 is 0. The number of anilines is 1. The number of piperidine rings is 1. The Bertz CT molecular complexity index is 786. The van der Waals surface area contributed by atoms with Crippen LogP contribution >= 0.6 is 11.3 Å². The Morgan fingerprint density at radius 1 is 1.34 bits per heavy atom. The Morgan fingerprint density at radius 2 is 2.10 bits per heavy atom. The second-order valence-corrected chi connectivity index (χ2v) is 9.29. The van der Waals surface area contributed by atoms with E-state index in [-0.39, 0.29) is 5.91 Å². The molecule has 1 fully saturated rings. The van der Waals surface area contributed by atoms with Crippen LogP contribution in [0.3, 0.4) is 0 Å². The zero-order chi connectivity index (χ0) is 20.8. The van der Waals surface area contributed by atoms with Crippen molar-refractivity contribution in [3.05, 3.63) is 46.5 Å². The van der Waals surface area contributed by atoms with E-state index >= 15 is 0 Å². The quantitative estimate of drug-likeness (QED) is 0.670. The van der Waals surface area contributed by atoms with Gasteiger partial charge in [0.25, 0.3) is 5.91 Å². The number of nitrogens with one attached hydrogen (secondary N) is 1. The average Bonchev–Trinajstić information content (AvgIpc) is 3.13. The minimum atomic E-state index is -0.0970. The van der Waals surface area contributed by atoms with E-state index in [1.807, 2.05) is 24.3 Å². The molecule has 1 aliphatic rings. The van der Waals surface area contributed by atoms with Crippen molar-refractivity contribution in [2.45, 2.75) is 59.7 Å². The van der Waals surface area contributed by atoms with Gasteiger partial charge in [0.05, 0.1) is 5.69 Å². The lowest BCUT2D eigenvalue weighted by atomic mass is 10.0. The van der Waals surface area contributed by atoms with Gasteiger partial charge in [0, 0.05) is 36.6 Å². The molecule has 0 bridgehead atoms. The molecule has 0 radical (unpaired) electrons. The number of hydrogen-bond acceptors (Lipinski definition) is 5. The summed E-state index contributed by atoms with van der Waals surface area (Å²) in [4.78, 5) is 22.1. The largest absolute Gasteiger partial charge is 0.298 e. The van der Waals surface area contributed by atoms with Crippen LogP contribution in [0.4, 0.5) is 5.13 Å². The maximum Gasteiger partial charge on any atom is 0.257 e. The number of rotatable bonds is 8. The molecule has 0 spiro atoms. The number of nitrogens with zero attached hydrogens (tertiary/aromatic N) is 3. The lowest BCUT2D eigenvalue weighted by molar-refractivity contribution is 0.102. The van der Waals surface area contributed by atoms with Crippen molar-refractivity contribution < 1.29 is 4.79 Å². The summed E-state index contributed by atoms with van der Waals surface area (Å²) in [5, 5.41) is 5.69. The van der Waals surface area contributed by atoms with E-state index in [2.05, 4.69) is 53.2 Å². The van der Waals surface area contributed by atoms with E-state index in [1.165, 1.54) is 29.7 Å². The molecule has 2 aromatic rings. The van der Waals surface area contributed by atoms with Gasteiger partial charge in [-0.15, -0.1) is 11.3 Å². The molecule has 5 nitrogen and oxygen atoms in total. The third kappa shape index (κ3) is 6.36. The highest BCUT2D eigenvalue weighted by Crippen LogP contribution is 2.21. The van der Waals surface area contributed by atoms with Crippen molar-refractivity contribution >= 4 is 22.4 Å². The van der Waals surface area contributed by atoms with Gasteiger partial charge in [0.1, 0.15) is 0 Å². The summed E-state index contributed by atoms with van der Waals surface area (Å²) in [5.41, 5.74) is 2.94. The van der Waals surface area contributed by atoms with Gasteiger partial charge in [-0.3, -0.25) is 19.9 Å². The Morgan fingerprint density at radius 3 is 2.76 bits per heavy atom. The van der Waals surface area contributed by atoms with Crippen molar-refractivity contribution in [2.75, 3.05) is 25.0 Å². The molecule has 158 valence electrons. The van der Waals surface area contributed by atoms with Crippen molar-refractivity contribution in [2.24, 2.45) is 5.92 Å². The first kappa shape index (κ1) is 21.9. The Labute approximate surface area is 179 Å². The molecule has 1 saturated heterocycles. The summed E-state index contributed by atoms with van der Waals surface area (Å²) in [5.74, 6) is 0.662. The molecule has 1 aliphatic heterocycles. The molecule has 0 saturated carbocycles. The summed E-state index contributed by atoms with van der Waals surface area (Å²) >= 11 is 1.50. The van der Waals surface area contributed by atoms with Gasteiger partial charge in [0.2, 0.25) is 0 Å². The normalized spacial score (nSPS) is 17.8. The van der Waals surface area contributed by atoms with E-state index in [4.69, 9.17) is 0 Å². The van der Waals surface area contributed by atoms with Gasteiger partial charge in [-0.1, -0.05) is 26.0 Å². The van der Waals surface area contributed by atoms with Gasteiger partial charge in [-0.25, -0.2) is 4.98 Å². The van der Waals surface area contributed by atoms with Crippen LogP contribution in [0.5, 0.6) is 0 Å². The molecule has 1 aromatic heterocycles. The highest BCUT2D eigenvalue weighted by molar-refractivity contribution is 7.13. The van der Waals surface area contributed by atoms with E-state index in [0.717, 1.165) is 44.3 Å². The van der Waals surface area contributed by atoms with Crippen molar-refractivity contribution in [1.29, 1.82) is 0 Å². The zero-order valence-electron chi connectivity index (χ0n) is 18.1. The summed E-state index contributed by atoms with van der Waals surface area (Å²) in [6.07, 6.45) is 2.58. The van der Waals surface area contributed by atoms with E-state index in [0.29, 0.717) is 16.7 Å². The number of likely N-dealkylation sites (tertiary alicyclic amines) is 1. The van der Waals surface area contributed by atoms with Gasteiger partial charge in [0.15, 0.2) is 5.13 Å². The number of benzene rings is 1. The lowest BCUT2D eigenvalue weighted by Crippen LogP contribution is -2.33. The molecular weight excluding hydrogens is 380 g/mol. The molecule has 0 aliphatic carbocycles. The van der Waals surface area contributed by atoms with Crippen molar-refractivity contribution in [3.63, 3.8) is 0 Å². The smallest absolute Gasteiger partial charge is 0.257 e. The number of carbonyl (C=O) groups excluding carboxylic acids is 1. The predicted octanol–water partition coefficient (Wildman–Crippen LogP) is 4.86. The van der Waals surface area contributed by atoms with Crippen LogP contribution in [0.2, 0.25) is 0 Å². The van der Waals surface area contributed by atoms with Crippen molar-refractivity contribution in [1.82, 2.24) is 14.8 Å². The third-order valence-electron chi connectivity index (χ3n) is 5.64. The molecule has 2 heterocycles. The Kier molecular flexibility index (Phi) is 7.81. The topological polar surface area (TPSA) is 48.5 Å². The maximum absolute atomic E-state index is 12.6. The maximum atomic E-state index is 12.6. The van der Waals surface area contributed by atoms with Crippen molar-refractivity contribution in [3.8, 4) is 0 Å². The van der Waals surface area contributed by atoms with Crippen LogP contribution in [0.1, 0.15) is 62.2 Å². The standard InChI is InChI=1S/C23H34N4OS/c1-5-27(17(2)3)14-19-8-10-20(11-9-19)22(28)25-23-24-21(16-29-23)15-26-12-6-7-18(4)13-26/h8-11,16-18H,5-7,12-15H2,1-4H3,(H,24,25,28). The number of amides is 1. The number of carbonyl (C=O) groups is 1. The molecule has 6 heteroatoms. The summed E-state index contributed by atoms with van der Waals surface area (Å²) in [7, 11) is 0. The summed E-state index contributed by atoms with van der Waals surface area (Å²) in [6.45, 7) is 14.0. The van der Waals surface area contributed by atoms with Gasteiger partial charge in [-0.05, 0) is 63.4 Å².